The average Bonchev–Trinajstić information content (AvgIpc) is 2.71. The van der Waals surface area contributed by atoms with Crippen LogP contribution in [0.1, 0.15) is 42.6 Å². The highest BCUT2D eigenvalue weighted by atomic mass is 32.2. The number of aryl methyl sites for hydroxylation is 1. The fraction of sp³-hybridized carbons (Fsp3) is 0.435. The molecule has 0 aliphatic carbocycles. The molecule has 0 aromatic heterocycles. The van der Waals surface area contributed by atoms with Crippen molar-refractivity contribution in [1.29, 1.82) is 0 Å². The van der Waals surface area contributed by atoms with Crippen molar-refractivity contribution in [3.63, 3.8) is 0 Å². The molecule has 1 fully saturated rings. The number of rotatable bonds is 7. The Morgan fingerprint density at radius 3 is 2.43 bits per heavy atom. The number of hydrogen-bond acceptors (Lipinski definition) is 4. The summed E-state index contributed by atoms with van der Waals surface area (Å²) in [7, 11) is -3.62. The number of hydrogen-bond donors (Lipinski definition) is 2. The first-order valence-corrected chi connectivity index (χ1v) is 11.9. The molecule has 1 aliphatic heterocycles. The molecule has 1 heterocycles. The first-order valence-electron chi connectivity index (χ1n) is 10.4. The summed E-state index contributed by atoms with van der Waals surface area (Å²) in [6, 6.07) is 13.3. The lowest BCUT2D eigenvalue weighted by Gasteiger charge is -2.34. The summed E-state index contributed by atoms with van der Waals surface area (Å²) in [6.45, 7) is 5.65. The van der Waals surface area contributed by atoms with Gasteiger partial charge in [0, 0.05) is 25.2 Å². The van der Waals surface area contributed by atoms with E-state index in [1.165, 1.54) is 6.07 Å². The molecule has 1 amide bonds. The Morgan fingerprint density at radius 1 is 1.10 bits per heavy atom. The minimum Gasteiger partial charge on any atom is -0.508 e. The first-order chi connectivity index (χ1) is 14.3. The standard InChI is InChI=1S/C23H30N2O4S/c1-17-13-18(2)16-25(15-17)30(28,29)22-7-3-6-20(14-22)23(27)24-12-4-5-19-8-10-21(26)11-9-19/h3,6-11,14,17-18,26H,4-5,12-13,15-16H2,1-2H3,(H,24,27). The number of aromatic hydroxyl groups is 1. The van der Waals surface area contributed by atoms with Crippen LogP contribution >= 0.6 is 0 Å². The van der Waals surface area contributed by atoms with E-state index in [1.54, 1.807) is 34.6 Å². The molecule has 0 saturated carbocycles. The summed E-state index contributed by atoms with van der Waals surface area (Å²) in [5.74, 6) is 0.598. The molecule has 2 atom stereocenters. The topological polar surface area (TPSA) is 86.7 Å². The van der Waals surface area contributed by atoms with Crippen LogP contribution in [-0.4, -0.2) is 43.4 Å². The Kier molecular flexibility index (Phi) is 7.15. The molecule has 30 heavy (non-hydrogen) atoms. The maximum atomic E-state index is 13.1. The third-order valence-corrected chi connectivity index (χ3v) is 7.26. The van der Waals surface area contributed by atoms with Gasteiger partial charge in [-0.05, 0) is 67.0 Å². The van der Waals surface area contributed by atoms with Gasteiger partial charge in [-0.2, -0.15) is 4.31 Å². The van der Waals surface area contributed by atoms with Gasteiger partial charge in [0.15, 0.2) is 0 Å². The van der Waals surface area contributed by atoms with E-state index in [1.807, 2.05) is 12.1 Å². The number of nitrogens with zero attached hydrogens (tertiary/aromatic N) is 1. The zero-order valence-electron chi connectivity index (χ0n) is 17.5. The van der Waals surface area contributed by atoms with Crippen LogP contribution in [0.5, 0.6) is 5.75 Å². The second kappa shape index (κ2) is 9.62. The molecule has 6 nitrogen and oxygen atoms in total. The molecule has 2 aromatic rings. The van der Waals surface area contributed by atoms with Crippen LogP contribution in [0, 0.1) is 11.8 Å². The molecule has 0 radical (unpaired) electrons. The van der Waals surface area contributed by atoms with Crippen LogP contribution in [-0.2, 0) is 16.4 Å². The van der Waals surface area contributed by atoms with Gasteiger partial charge in [-0.25, -0.2) is 8.42 Å². The lowest BCUT2D eigenvalue weighted by molar-refractivity contribution is 0.0953. The van der Waals surface area contributed by atoms with Gasteiger partial charge >= 0.3 is 0 Å². The highest BCUT2D eigenvalue weighted by Gasteiger charge is 2.31. The summed E-state index contributed by atoms with van der Waals surface area (Å²) in [4.78, 5) is 12.7. The number of carbonyl (C=O) groups is 1. The molecule has 2 unspecified atom stereocenters. The number of nitrogens with one attached hydrogen (secondary N) is 1. The van der Waals surface area contributed by atoms with E-state index in [4.69, 9.17) is 0 Å². The largest absolute Gasteiger partial charge is 0.508 e. The van der Waals surface area contributed by atoms with E-state index in [0.717, 1.165) is 24.8 Å². The highest BCUT2D eigenvalue weighted by Crippen LogP contribution is 2.27. The van der Waals surface area contributed by atoms with Crippen LogP contribution in [0.4, 0.5) is 0 Å². The van der Waals surface area contributed by atoms with Crippen molar-refractivity contribution < 1.29 is 18.3 Å². The summed E-state index contributed by atoms with van der Waals surface area (Å²) in [5, 5.41) is 12.2. The molecular formula is C23H30N2O4S. The smallest absolute Gasteiger partial charge is 0.251 e. The summed E-state index contributed by atoms with van der Waals surface area (Å²) >= 11 is 0. The van der Waals surface area contributed by atoms with Crippen molar-refractivity contribution in [1.82, 2.24) is 9.62 Å². The lowest BCUT2D eigenvalue weighted by atomic mass is 9.94. The molecule has 1 aliphatic rings. The van der Waals surface area contributed by atoms with Crippen LogP contribution < -0.4 is 5.32 Å². The van der Waals surface area contributed by atoms with Crippen molar-refractivity contribution >= 4 is 15.9 Å². The Morgan fingerprint density at radius 2 is 1.77 bits per heavy atom. The normalized spacial score (nSPS) is 20.1. The third kappa shape index (κ3) is 5.61. The minimum absolute atomic E-state index is 0.167. The van der Waals surface area contributed by atoms with Crippen molar-refractivity contribution in [3.05, 3.63) is 59.7 Å². The third-order valence-electron chi connectivity index (χ3n) is 5.43. The average molecular weight is 431 g/mol. The molecule has 2 aromatic carbocycles. The second-order valence-corrected chi connectivity index (χ2v) is 10.3. The Hall–Kier alpha value is -2.38. The van der Waals surface area contributed by atoms with E-state index >= 15 is 0 Å². The van der Waals surface area contributed by atoms with Gasteiger partial charge < -0.3 is 10.4 Å². The maximum absolute atomic E-state index is 13.1. The van der Waals surface area contributed by atoms with Gasteiger partial charge in [0.25, 0.3) is 5.91 Å². The van der Waals surface area contributed by atoms with Gasteiger partial charge in [-0.15, -0.1) is 0 Å². The number of benzene rings is 2. The number of piperidine rings is 1. The summed E-state index contributed by atoms with van der Waals surface area (Å²) < 4.78 is 27.7. The van der Waals surface area contributed by atoms with Crippen molar-refractivity contribution in [2.45, 2.75) is 38.0 Å². The number of phenolic OH excluding ortho intramolecular Hbond substituents is 1. The quantitative estimate of drug-likeness (QED) is 0.659. The SMILES string of the molecule is CC1CC(C)CN(S(=O)(=O)c2cccc(C(=O)NCCCc3ccc(O)cc3)c2)C1. The predicted molar refractivity (Wildman–Crippen MR) is 117 cm³/mol. The molecule has 7 heteroatoms. The fourth-order valence-corrected chi connectivity index (χ4v) is 5.73. The Bertz CT molecular complexity index is 963. The van der Waals surface area contributed by atoms with Crippen LogP contribution in [0.2, 0.25) is 0 Å². The van der Waals surface area contributed by atoms with Gasteiger partial charge in [-0.1, -0.05) is 32.0 Å². The number of sulfonamides is 1. The van der Waals surface area contributed by atoms with E-state index in [2.05, 4.69) is 19.2 Å². The van der Waals surface area contributed by atoms with E-state index < -0.39 is 10.0 Å². The summed E-state index contributed by atoms with van der Waals surface area (Å²) in [5.41, 5.74) is 1.43. The molecule has 162 valence electrons. The lowest BCUT2D eigenvalue weighted by Crippen LogP contribution is -2.42. The predicted octanol–water partition coefficient (Wildman–Crippen LogP) is 3.42. The van der Waals surface area contributed by atoms with Crippen LogP contribution in [0.25, 0.3) is 0 Å². The Balaban J connectivity index is 1.60. The molecule has 3 rings (SSSR count). The van der Waals surface area contributed by atoms with Gasteiger partial charge in [0.1, 0.15) is 5.75 Å². The number of carbonyl (C=O) groups excluding carboxylic acids is 1. The first kappa shape index (κ1) is 22.3. The molecular weight excluding hydrogens is 400 g/mol. The van der Waals surface area contributed by atoms with Crippen molar-refractivity contribution in [2.75, 3.05) is 19.6 Å². The van der Waals surface area contributed by atoms with E-state index in [9.17, 15) is 18.3 Å². The zero-order valence-corrected chi connectivity index (χ0v) is 18.4. The summed E-state index contributed by atoms with van der Waals surface area (Å²) in [6.07, 6.45) is 2.55. The molecule has 0 spiro atoms. The highest BCUT2D eigenvalue weighted by molar-refractivity contribution is 7.89. The van der Waals surface area contributed by atoms with Crippen molar-refractivity contribution in [3.8, 4) is 5.75 Å². The van der Waals surface area contributed by atoms with Gasteiger partial charge in [0.2, 0.25) is 10.0 Å². The Labute approximate surface area is 179 Å². The number of amides is 1. The maximum Gasteiger partial charge on any atom is 0.251 e. The minimum atomic E-state index is -3.62. The van der Waals surface area contributed by atoms with Gasteiger partial charge in [0.05, 0.1) is 4.90 Å². The van der Waals surface area contributed by atoms with Crippen LogP contribution in [0.15, 0.2) is 53.4 Å². The second-order valence-electron chi connectivity index (χ2n) is 8.32. The van der Waals surface area contributed by atoms with E-state index in [-0.39, 0.29) is 16.6 Å². The van der Waals surface area contributed by atoms with Gasteiger partial charge in [-0.3, -0.25) is 4.79 Å². The van der Waals surface area contributed by atoms with E-state index in [0.29, 0.717) is 37.0 Å². The monoisotopic (exact) mass is 430 g/mol. The molecule has 1 saturated heterocycles. The fourth-order valence-electron chi connectivity index (χ4n) is 4.01. The van der Waals surface area contributed by atoms with Crippen LogP contribution in [0.3, 0.4) is 0 Å². The number of phenols is 1. The molecule has 2 N–H and O–H groups in total. The molecule has 0 bridgehead atoms. The zero-order chi connectivity index (χ0) is 21.7. The van der Waals surface area contributed by atoms with Crippen molar-refractivity contribution in [2.24, 2.45) is 11.8 Å².